The molecule has 2 N–H and O–H groups in total. The zero-order valence-corrected chi connectivity index (χ0v) is 17.5. The van der Waals surface area contributed by atoms with E-state index >= 15 is 0 Å². The maximum absolute atomic E-state index is 12.5. The lowest BCUT2D eigenvalue weighted by molar-refractivity contribution is 0.0844. The summed E-state index contributed by atoms with van der Waals surface area (Å²) in [5, 5.41) is 0. The molecule has 0 aliphatic heterocycles. The molecule has 3 rings (SSSR count). The van der Waals surface area contributed by atoms with Crippen LogP contribution in [0.15, 0.2) is 78.9 Å². The number of ether oxygens (including phenoxy) is 2. The van der Waals surface area contributed by atoms with Crippen molar-refractivity contribution in [3.05, 3.63) is 95.6 Å². The van der Waals surface area contributed by atoms with Crippen LogP contribution >= 0.6 is 0 Å². The molecule has 0 saturated carbocycles. The van der Waals surface area contributed by atoms with Gasteiger partial charge in [0.05, 0.1) is 12.2 Å². The number of rotatable bonds is 9. The van der Waals surface area contributed by atoms with Crippen LogP contribution in [0.25, 0.3) is 0 Å². The van der Waals surface area contributed by atoms with Gasteiger partial charge in [-0.05, 0) is 48.4 Å². The maximum atomic E-state index is 12.5. The Balaban J connectivity index is 1.52. The number of hydrazine groups is 1. The lowest BCUT2D eigenvalue weighted by Crippen LogP contribution is -2.41. The van der Waals surface area contributed by atoms with E-state index in [0.717, 1.165) is 18.4 Å². The fourth-order valence-corrected chi connectivity index (χ4v) is 2.80. The summed E-state index contributed by atoms with van der Waals surface area (Å²) >= 11 is 0. The third kappa shape index (κ3) is 6.60. The number of amides is 2. The smallest absolute Gasteiger partial charge is 0.273 e. The molecule has 3 aromatic carbocycles. The Kier molecular flexibility index (Phi) is 8.05. The first kappa shape index (κ1) is 21.9. The summed E-state index contributed by atoms with van der Waals surface area (Å²) in [6.07, 6.45) is 1.90. The van der Waals surface area contributed by atoms with Crippen molar-refractivity contribution in [3.8, 4) is 11.5 Å². The number of carbonyl (C=O) groups is 2. The van der Waals surface area contributed by atoms with Gasteiger partial charge in [0.15, 0.2) is 0 Å². The molecule has 31 heavy (non-hydrogen) atoms. The van der Waals surface area contributed by atoms with Gasteiger partial charge in [0, 0.05) is 5.56 Å². The Labute approximate surface area is 182 Å². The molecule has 0 spiro atoms. The Morgan fingerprint density at radius 1 is 0.774 bits per heavy atom. The van der Waals surface area contributed by atoms with E-state index in [9.17, 15) is 9.59 Å². The number of benzene rings is 3. The Bertz CT molecular complexity index is 988. The molecule has 0 atom stereocenters. The van der Waals surface area contributed by atoms with E-state index in [0.29, 0.717) is 35.8 Å². The van der Waals surface area contributed by atoms with Crippen LogP contribution < -0.4 is 20.3 Å². The van der Waals surface area contributed by atoms with Crippen molar-refractivity contribution in [2.45, 2.75) is 26.4 Å². The third-order valence-electron chi connectivity index (χ3n) is 4.54. The topological polar surface area (TPSA) is 76.7 Å². The van der Waals surface area contributed by atoms with Crippen LogP contribution in [0.3, 0.4) is 0 Å². The summed E-state index contributed by atoms with van der Waals surface area (Å²) in [5.74, 6) is 0.279. The maximum Gasteiger partial charge on any atom is 0.273 e. The second-order valence-electron chi connectivity index (χ2n) is 6.91. The van der Waals surface area contributed by atoms with Crippen LogP contribution in [0.4, 0.5) is 0 Å². The molecule has 0 aliphatic carbocycles. The van der Waals surface area contributed by atoms with Gasteiger partial charge < -0.3 is 9.47 Å². The number of hydrogen-bond donors (Lipinski definition) is 2. The number of unbranched alkanes of at least 4 members (excludes halogenated alkanes) is 1. The van der Waals surface area contributed by atoms with E-state index in [2.05, 4.69) is 17.8 Å². The molecule has 3 aromatic rings. The van der Waals surface area contributed by atoms with Crippen LogP contribution in [-0.2, 0) is 6.61 Å². The molecule has 0 aromatic heterocycles. The molecule has 2 amide bonds. The first-order valence-corrected chi connectivity index (χ1v) is 10.3. The zero-order valence-electron chi connectivity index (χ0n) is 17.5. The van der Waals surface area contributed by atoms with Crippen molar-refractivity contribution >= 4 is 11.8 Å². The monoisotopic (exact) mass is 418 g/mol. The van der Waals surface area contributed by atoms with Crippen LogP contribution in [-0.4, -0.2) is 18.4 Å². The highest BCUT2D eigenvalue weighted by atomic mass is 16.5. The molecule has 0 bridgehead atoms. The minimum Gasteiger partial charge on any atom is -0.493 e. The molecule has 0 aliphatic rings. The van der Waals surface area contributed by atoms with Gasteiger partial charge in [-0.1, -0.05) is 55.8 Å². The average molecular weight is 418 g/mol. The third-order valence-corrected chi connectivity index (χ3v) is 4.54. The molecule has 0 saturated heterocycles. The predicted octanol–water partition coefficient (Wildman–Crippen LogP) is 4.52. The van der Waals surface area contributed by atoms with Gasteiger partial charge in [-0.25, -0.2) is 0 Å². The fraction of sp³-hybridized carbons (Fsp3) is 0.200. The van der Waals surface area contributed by atoms with Crippen molar-refractivity contribution < 1.29 is 19.1 Å². The summed E-state index contributed by atoms with van der Waals surface area (Å²) in [4.78, 5) is 24.9. The van der Waals surface area contributed by atoms with E-state index in [1.54, 1.807) is 48.5 Å². The number of para-hydroxylation sites is 1. The standard InChI is InChI=1S/C25H26N2O4/c1-2-3-17-30-23-12-8-7-11-22(23)25(29)27-26-24(28)20-13-15-21(16-14-20)31-18-19-9-5-4-6-10-19/h4-16H,2-3,17-18H2,1H3,(H,26,28)(H,27,29). The van der Waals surface area contributed by atoms with Crippen molar-refractivity contribution in [1.82, 2.24) is 10.9 Å². The molecule has 0 unspecified atom stereocenters. The highest BCUT2D eigenvalue weighted by molar-refractivity contribution is 6.00. The van der Waals surface area contributed by atoms with E-state index in [4.69, 9.17) is 9.47 Å². The van der Waals surface area contributed by atoms with Crippen LogP contribution in [0.2, 0.25) is 0 Å². The highest BCUT2D eigenvalue weighted by Crippen LogP contribution is 2.18. The SMILES string of the molecule is CCCCOc1ccccc1C(=O)NNC(=O)c1ccc(OCc2ccccc2)cc1. The van der Waals surface area contributed by atoms with E-state index in [1.807, 2.05) is 30.3 Å². The zero-order chi connectivity index (χ0) is 21.9. The molecular weight excluding hydrogens is 392 g/mol. The van der Waals surface area contributed by atoms with Crippen LogP contribution in [0.5, 0.6) is 11.5 Å². The van der Waals surface area contributed by atoms with E-state index < -0.39 is 11.8 Å². The lowest BCUT2D eigenvalue weighted by atomic mass is 10.2. The van der Waals surface area contributed by atoms with Gasteiger partial charge in [0.1, 0.15) is 18.1 Å². The number of nitrogens with one attached hydrogen (secondary N) is 2. The molecule has 0 fully saturated rings. The minimum atomic E-state index is -0.441. The largest absolute Gasteiger partial charge is 0.493 e. The van der Waals surface area contributed by atoms with Gasteiger partial charge in [0.2, 0.25) is 0 Å². The van der Waals surface area contributed by atoms with Crippen LogP contribution in [0, 0.1) is 0 Å². The highest BCUT2D eigenvalue weighted by Gasteiger charge is 2.13. The van der Waals surface area contributed by atoms with Crippen LogP contribution in [0.1, 0.15) is 46.0 Å². The van der Waals surface area contributed by atoms with Crippen molar-refractivity contribution in [1.29, 1.82) is 0 Å². The summed E-state index contributed by atoms with van der Waals surface area (Å²) in [6, 6.07) is 23.5. The first-order valence-electron chi connectivity index (χ1n) is 10.3. The predicted molar refractivity (Wildman–Crippen MR) is 119 cm³/mol. The average Bonchev–Trinajstić information content (AvgIpc) is 2.82. The Hall–Kier alpha value is -3.80. The number of carbonyl (C=O) groups excluding carboxylic acids is 2. The van der Waals surface area contributed by atoms with E-state index in [-0.39, 0.29) is 0 Å². The van der Waals surface area contributed by atoms with Crippen molar-refractivity contribution in [2.75, 3.05) is 6.61 Å². The minimum absolute atomic E-state index is 0.364. The second kappa shape index (κ2) is 11.4. The number of hydrogen-bond acceptors (Lipinski definition) is 4. The molecule has 6 nitrogen and oxygen atoms in total. The fourth-order valence-electron chi connectivity index (χ4n) is 2.80. The summed E-state index contributed by atoms with van der Waals surface area (Å²) in [5.41, 5.74) is 6.70. The van der Waals surface area contributed by atoms with Crippen molar-refractivity contribution in [2.24, 2.45) is 0 Å². The Morgan fingerprint density at radius 3 is 2.19 bits per heavy atom. The van der Waals surface area contributed by atoms with Gasteiger partial charge in [-0.15, -0.1) is 0 Å². The summed E-state index contributed by atoms with van der Waals surface area (Å²) in [7, 11) is 0. The van der Waals surface area contributed by atoms with Gasteiger partial charge in [-0.2, -0.15) is 0 Å². The molecule has 0 radical (unpaired) electrons. The van der Waals surface area contributed by atoms with Gasteiger partial charge in [-0.3, -0.25) is 20.4 Å². The lowest BCUT2D eigenvalue weighted by Gasteiger charge is -2.12. The first-order chi connectivity index (χ1) is 15.2. The molecule has 160 valence electrons. The van der Waals surface area contributed by atoms with Gasteiger partial charge >= 0.3 is 0 Å². The Morgan fingerprint density at radius 2 is 1.45 bits per heavy atom. The molecular formula is C25H26N2O4. The molecule has 6 heteroatoms. The van der Waals surface area contributed by atoms with Crippen molar-refractivity contribution in [3.63, 3.8) is 0 Å². The summed E-state index contributed by atoms with van der Waals surface area (Å²) < 4.78 is 11.4. The van der Waals surface area contributed by atoms with Gasteiger partial charge in [0.25, 0.3) is 11.8 Å². The quantitative estimate of drug-likeness (QED) is 0.396. The van der Waals surface area contributed by atoms with E-state index in [1.165, 1.54) is 0 Å². The molecule has 0 heterocycles. The second-order valence-corrected chi connectivity index (χ2v) is 6.91. The normalized spacial score (nSPS) is 10.2. The summed E-state index contributed by atoms with van der Waals surface area (Å²) in [6.45, 7) is 3.05.